The SMILES string of the molecule is O=C1N(CC2CCOCC2)c2ccccc2[C@@]12C[C@@H]2c1ccc(Cl)cc1.O=C1N(CC2CCOCC2)c2ccccc2[C@]12C[C@H]2c1ccc(Cl)cc1. The highest BCUT2D eigenvalue weighted by Crippen LogP contribution is 2.67. The van der Waals surface area contributed by atoms with Crippen LogP contribution in [0.15, 0.2) is 97.1 Å². The van der Waals surface area contributed by atoms with Crippen LogP contribution in [-0.2, 0) is 29.9 Å². The average Bonchev–Trinajstić information content (AvgIpc) is 4.09. The van der Waals surface area contributed by atoms with Gasteiger partial charge in [-0.05, 0) is 109 Å². The topological polar surface area (TPSA) is 59.1 Å². The molecule has 6 nitrogen and oxygen atoms in total. The molecular formula is C44H44Cl2N2O4. The van der Waals surface area contributed by atoms with Gasteiger partial charge in [-0.2, -0.15) is 0 Å². The molecule has 0 N–H and O–H groups in total. The Balaban J connectivity index is 0.000000138. The molecule has 4 fully saturated rings. The maximum atomic E-state index is 13.5. The second-order valence-corrected chi connectivity index (χ2v) is 16.4. The molecule has 268 valence electrons. The number of halogens is 2. The second-order valence-electron chi connectivity index (χ2n) is 15.5. The molecule has 0 unspecified atom stereocenters. The number of para-hydroxylation sites is 2. The Hall–Kier alpha value is -3.68. The van der Waals surface area contributed by atoms with Gasteiger partial charge in [-0.1, -0.05) is 83.9 Å². The van der Waals surface area contributed by atoms with Crippen molar-refractivity contribution in [3.05, 3.63) is 129 Å². The second kappa shape index (κ2) is 13.6. The Morgan fingerprint density at radius 2 is 0.904 bits per heavy atom. The van der Waals surface area contributed by atoms with Crippen molar-refractivity contribution >= 4 is 46.4 Å². The van der Waals surface area contributed by atoms with Crippen LogP contribution in [0, 0.1) is 11.8 Å². The first-order valence-electron chi connectivity index (χ1n) is 18.9. The Kier molecular flexibility index (Phi) is 8.94. The first-order valence-corrected chi connectivity index (χ1v) is 19.6. The summed E-state index contributed by atoms with van der Waals surface area (Å²) in [6.45, 7) is 4.88. The summed E-state index contributed by atoms with van der Waals surface area (Å²) in [5.74, 6) is 2.14. The normalized spacial score (nSPS) is 27.8. The Morgan fingerprint density at radius 1 is 0.538 bits per heavy atom. The van der Waals surface area contributed by atoms with E-state index in [-0.39, 0.29) is 34.5 Å². The summed E-state index contributed by atoms with van der Waals surface area (Å²) in [5, 5.41) is 1.48. The molecule has 2 aliphatic carbocycles. The standard InChI is InChI=1S/2C22H22ClNO2/c2*23-17-7-5-16(6-8-17)19-13-22(19)18-3-1-2-4-20(18)24(21(22)25)14-15-9-11-26-12-10-15/h2*1-8,15,19H,9-14H2/t2*19-,22-/m10/s1. The third-order valence-electron chi connectivity index (χ3n) is 12.6. The van der Waals surface area contributed by atoms with Gasteiger partial charge in [0.05, 0.1) is 10.8 Å². The number of hydrogen-bond acceptors (Lipinski definition) is 4. The number of anilines is 2. The molecule has 4 aromatic carbocycles. The number of benzene rings is 4. The van der Waals surface area contributed by atoms with Gasteiger partial charge in [0, 0.05) is 72.8 Å². The molecule has 4 atom stereocenters. The molecule has 2 saturated heterocycles. The van der Waals surface area contributed by atoms with Crippen LogP contribution in [0.5, 0.6) is 0 Å². The fourth-order valence-corrected chi connectivity index (χ4v) is 9.88. The minimum absolute atomic E-state index is 0.258. The third kappa shape index (κ3) is 5.78. The van der Waals surface area contributed by atoms with Crippen LogP contribution in [0.1, 0.15) is 72.6 Å². The number of nitrogens with zero attached hydrogens (tertiary/aromatic N) is 2. The van der Waals surface area contributed by atoms with Crippen LogP contribution in [0.4, 0.5) is 11.4 Å². The molecule has 0 aromatic heterocycles. The zero-order valence-electron chi connectivity index (χ0n) is 29.3. The van der Waals surface area contributed by atoms with Gasteiger partial charge in [-0.25, -0.2) is 0 Å². The Labute approximate surface area is 316 Å². The number of hydrogen-bond donors (Lipinski definition) is 0. The lowest BCUT2D eigenvalue weighted by Crippen LogP contribution is -2.38. The van der Waals surface area contributed by atoms with E-state index in [9.17, 15) is 9.59 Å². The first-order chi connectivity index (χ1) is 25.4. The molecule has 2 amide bonds. The number of ether oxygens (including phenoxy) is 2. The lowest BCUT2D eigenvalue weighted by atomic mass is 9.92. The molecule has 4 aliphatic heterocycles. The molecule has 0 radical (unpaired) electrons. The van der Waals surface area contributed by atoms with Crippen LogP contribution in [0.2, 0.25) is 10.0 Å². The minimum atomic E-state index is -0.365. The van der Waals surface area contributed by atoms with Gasteiger partial charge in [0.25, 0.3) is 0 Å². The summed E-state index contributed by atoms with van der Waals surface area (Å²) in [7, 11) is 0. The van der Waals surface area contributed by atoms with E-state index in [2.05, 4.69) is 70.5 Å². The monoisotopic (exact) mass is 734 g/mol. The fraction of sp³-hybridized carbons (Fsp3) is 0.409. The number of fused-ring (bicyclic) bond motifs is 4. The zero-order valence-corrected chi connectivity index (χ0v) is 30.8. The van der Waals surface area contributed by atoms with E-state index in [1.165, 1.54) is 22.3 Å². The van der Waals surface area contributed by atoms with E-state index in [4.69, 9.17) is 32.7 Å². The molecule has 10 rings (SSSR count). The van der Waals surface area contributed by atoms with E-state index in [0.29, 0.717) is 11.8 Å². The van der Waals surface area contributed by atoms with E-state index >= 15 is 0 Å². The lowest BCUT2D eigenvalue weighted by Gasteiger charge is -2.27. The smallest absolute Gasteiger partial charge is 0.238 e. The first kappa shape index (κ1) is 34.1. The van der Waals surface area contributed by atoms with Crippen LogP contribution in [-0.4, -0.2) is 51.3 Å². The summed E-state index contributed by atoms with van der Waals surface area (Å²) in [6, 6.07) is 32.7. The Morgan fingerprint density at radius 3 is 1.29 bits per heavy atom. The summed E-state index contributed by atoms with van der Waals surface area (Å²) in [4.78, 5) is 31.2. The highest BCUT2D eigenvalue weighted by molar-refractivity contribution is 6.30. The largest absolute Gasteiger partial charge is 0.381 e. The minimum Gasteiger partial charge on any atom is -0.381 e. The van der Waals surface area contributed by atoms with Crippen LogP contribution < -0.4 is 9.80 Å². The van der Waals surface area contributed by atoms with Crippen LogP contribution in [0.3, 0.4) is 0 Å². The van der Waals surface area contributed by atoms with Crippen molar-refractivity contribution in [2.45, 2.75) is 61.2 Å². The van der Waals surface area contributed by atoms with Gasteiger partial charge in [-0.15, -0.1) is 0 Å². The van der Waals surface area contributed by atoms with E-state index < -0.39 is 0 Å². The van der Waals surface area contributed by atoms with Gasteiger partial charge in [-0.3, -0.25) is 9.59 Å². The molecule has 2 saturated carbocycles. The molecule has 0 bridgehead atoms. The maximum absolute atomic E-state index is 13.5. The predicted octanol–water partition coefficient (Wildman–Crippen LogP) is 9.08. The Bertz CT molecular complexity index is 1830. The summed E-state index contributed by atoms with van der Waals surface area (Å²) >= 11 is 12.1. The highest BCUT2D eigenvalue weighted by atomic mass is 35.5. The lowest BCUT2D eigenvalue weighted by molar-refractivity contribution is -0.121. The summed E-state index contributed by atoms with van der Waals surface area (Å²) in [5.41, 5.74) is 6.33. The third-order valence-corrected chi connectivity index (χ3v) is 13.1. The van der Waals surface area contributed by atoms with Gasteiger partial charge >= 0.3 is 0 Å². The van der Waals surface area contributed by atoms with Gasteiger partial charge in [0.15, 0.2) is 0 Å². The van der Waals surface area contributed by atoms with Gasteiger partial charge in [0.1, 0.15) is 0 Å². The molecule has 8 heteroatoms. The van der Waals surface area contributed by atoms with Crippen LogP contribution in [0.25, 0.3) is 0 Å². The van der Waals surface area contributed by atoms with E-state index in [1.807, 2.05) is 36.4 Å². The molecule has 52 heavy (non-hydrogen) atoms. The van der Waals surface area contributed by atoms with Crippen LogP contribution >= 0.6 is 23.2 Å². The number of amides is 2. The molecule has 4 heterocycles. The van der Waals surface area contributed by atoms with Crippen molar-refractivity contribution in [3.8, 4) is 0 Å². The van der Waals surface area contributed by atoms with E-state index in [1.54, 1.807) is 0 Å². The van der Waals surface area contributed by atoms with Crippen molar-refractivity contribution in [1.29, 1.82) is 0 Å². The zero-order chi connectivity index (χ0) is 35.5. The van der Waals surface area contributed by atoms with Crippen molar-refractivity contribution in [2.75, 3.05) is 49.3 Å². The van der Waals surface area contributed by atoms with Crippen molar-refractivity contribution < 1.29 is 19.1 Å². The van der Waals surface area contributed by atoms with Crippen molar-refractivity contribution in [2.24, 2.45) is 11.8 Å². The van der Waals surface area contributed by atoms with E-state index in [0.717, 1.165) is 99.5 Å². The molecule has 6 aliphatic rings. The van der Waals surface area contributed by atoms with Gasteiger partial charge in [0.2, 0.25) is 11.8 Å². The number of rotatable bonds is 6. The van der Waals surface area contributed by atoms with Crippen molar-refractivity contribution in [3.63, 3.8) is 0 Å². The average molecular weight is 736 g/mol. The quantitative estimate of drug-likeness (QED) is 0.198. The fourth-order valence-electron chi connectivity index (χ4n) is 9.63. The predicted molar refractivity (Wildman–Crippen MR) is 206 cm³/mol. The number of carbonyl (C=O) groups is 2. The maximum Gasteiger partial charge on any atom is 0.238 e. The summed E-state index contributed by atoms with van der Waals surface area (Å²) in [6.07, 6.45) is 5.96. The molecule has 2 spiro atoms. The highest BCUT2D eigenvalue weighted by Gasteiger charge is 2.68. The number of carbonyl (C=O) groups excluding carboxylic acids is 2. The summed E-state index contributed by atoms with van der Waals surface area (Å²) < 4.78 is 11.0. The molecular weight excluding hydrogens is 691 g/mol. The molecule has 4 aromatic rings. The van der Waals surface area contributed by atoms with Crippen molar-refractivity contribution in [1.82, 2.24) is 0 Å². The van der Waals surface area contributed by atoms with Gasteiger partial charge < -0.3 is 19.3 Å².